The van der Waals surface area contributed by atoms with E-state index in [-0.39, 0.29) is 41.2 Å². The highest BCUT2D eigenvalue weighted by Gasteiger charge is 2.60. The second-order valence-corrected chi connectivity index (χ2v) is 7.17. The lowest BCUT2D eigenvalue weighted by atomic mass is 9.85. The number of hydrogen-bond acceptors (Lipinski definition) is 5. The van der Waals surface area contributed by atoms with Gasteiger partial charge in [0.1, 0.15) is 5.75 Å². The van der Waals surface area contributed by atoms with Gasteiger partial charge in [0.05, 0.1) is 22.1 Å². The van der Waals surface area contributed by atoms with E-state index < -0.39 is 0 Å². The number of phenolic OH excluding ortho intramolecular Hbond substituents is 1. The molecule has 1 aromatic carbocycles. The van der Waals surface area contributed by atoms with Crippen molar-refractivity contribution in [1.82, 2.24) is 4.98 Å². The first kappa shape index (κ1) is 12.3. The topological polar surface area (TPSA) is 70.5 Å². The van der Waals surface area contributed by atoms with Crippen molar-refractivity contribution < 1.29 is 14.7 Å². The molecule has 1 aromatic heterocycles. The van der Waals surface area contributed by atoms with E-state index in [1.54, 1.807) is 18.2 Å². The number of nitrogens with zero attached hydrogens (tertiary/aromatic N) is 2. The Kier molecular flexibility index (Phi) is 2.22. The lowest BCUT2D eigenvalue weighted by molar-refractivity contribution is -0.123. The van der Waals surface area contributed by atoms with Crippen molar-refractivity contribution in [3.8, 4) is 5.75 Å². The highest BCUT2D eigenvalue weighted by atomic mass is 32.1. The lowest BCUT2D eigenvalue weighted by Gasteiger charge is -2.14. The van der Waals surface area contributed by atoms with E-state index in [9.17, 15) is 14.7 Å². The van der Waals surface area contributed by atoms with Gasteiger partial charge < -0.3 is 5.11 Å². The van der Waals surface area contributed by atoms with Gasteiger partial charge in [0.2, 0.25) is 11.8 Å². The number of phenols is 1. The van der Waals surface area contributed by atoms with Crippen molar-refractivity contribution >= 4 is 38.5 Å². The summed E-state index contributed by atoms with van der Waals surface area (Å²) in [5, 5.41) is 9.96. The van der Waals surface area contributed by atoms with Gasteiger partial charge in [-0.1, -0.05) is 23.5 Å². The monoisotopic (exact) mass is 312 g/mol. The molecule has 2 unspecified atom stereocenters. The number of rotatable bonds is 1. The van der Waals surface area contributed by atoms with Crippen LogP contribution in [0, 0.1) is 23.7 Å². The number of imide groups is 1. The lowest BCUT2D eigenvalue weighted by Crippen LogP contribution is -2.32. The molecule has 1 aliphatic heterocycles. The molecule has 0 spiro atoms. The Labute approximate surface area is 129 Å². The number of benzene rings is 1. The fourth-order valence-corrected chi connectivity index (χ4v) is 5.10. The Balaban J connectivity index is 1.60. The number of allylic oxidation sites excluding steroid dienone is 2. The van der Waals surface area contributed by atoms with Crippen LogP contribution in [0.1, 0.15) is 6.42 Å². The highest BCUT2D eigenvalue weighted by molar-refractivity contribution is 7.22. The third kappa shape index (κ3) is 1.40. The van der Waals surface area contributed by atoms with Gasteiger partial charge in [-0.05, 0) is 36.5 Å². The van der Waals surface area contributed by atoms with Crippen LogP contribution in [0.5, 0.6) is 5.75 Å². The van der Waals surface area contributed by atoms with Gasteiger partial charge in [0.15, 0.2) is 5.13 Å². The van der Waals surface area contributed by atoms with Crippen LogP contribution in [0.3, 0.4) is 0 Å². The molecule has 1 saturated heterocycles. The SMILES string of the molecule is O=C1[C@@H]2C3C=CC(C3)[C@@H]2C(=O)N1c1nc2ccc(O)cc2s1. The van der Waals surface area contributed by atoms with E-state index in [0.29, 0.717) is 10.6 Å². The summed E-state index contributed by atoms with van der Waals surface area (Å²) in [6, 6.07) is 4.85. The van der Waals surface area contributed by atoms with Crippen LogP contribution in [0.4, 0.5) is 5.13 Å². The molecule has 2 aromatic rings. The van der Waals surface area contributed by atoms with E-state index >= 15 is 0 Å². The van der Waals surface area contributed by atoms with E-state index in [0.717, 1.165) is 11.1 Å². The summed E-state index contributed by atoms with van der Waals surface area (Å²) in [4.78, 5) is 31.1. The van der Waals surface area contributed by atoms with Crippen LogP contribution >= 0.6 is 11.3 Å². The first-order valence-electron chi connectivity index (χ1n) is 7.29. The summed E-state index contributed by atoms with van der Waals surface area (Å²) >= 11 is 1.27. The largest absolute Gasteiger partial charge is 0.508 e. The van der Waals surface area contributed by atoms with Gasteiger partial charge in [-0.15, -0.1) is 0 Å². The fourth-order valence-electron chi connectivity index (χ4n) is 4.09. The number of aromatic nitrogens is 1. The molecule has 5 nitrogen and oxygen atoms in total. The molecular weight excluding hydrogens is 300 g/mol. The van der Waals surface area contributed by atoms with Crippen LogP contribution in [0.2, 0.25) is 0 Å². The van der Waals surface area contributed by atoms with E-state index in [1.165, 1.54) is 16.2 Å². The summed E-state index contributed by atoms with van der Waals surface area (Å²) in [6.07, 6.45) is 5.09. The maximum Gasteiger partial charge on any atom is 0.240 e. The van der Waals surface area contributed by atoms with Gasteiger partial charge >= 0.3 is 0 Å². The highest BCUT2D eigenvalue weighted by Crippen LogP contribution is 2.53. The Hall–Kier alpha value is -2.21. The molecule has 2 aliphatic carbocycles. The number of carbonyl (C=O) groups excluding carboxylic acids is 2. The average Bonchev–Trinajstić information content (AvgIpc) is 3.21. The standard InChI is InChI=1S/C16H12N2O3S/c19-9-3-4-10-11(6-9)22-16(17-10)18-14(20)12-7-1-2-8(5-7)13(12)15(18)21/h1-4,6-8,12-13,19H,5H2/t7?,8?,12-,13+. The zero-order valence-corrected chi connectivity index (χ0v) is 12.3. The normalized spacial score (nSPS) is 32.5. The number of thiazole rings is 1. The molecule has 1 N–H and O–H groups in total. The van der Waals surface area contributed by atoms with E-state index in [4.69, 9.17) is 0 Å². The van der Waals surface area contributed by atoms with Crippen molar-refractivity contribution in [2.75, 3.05) is 4.90 Å². The van der Waals surface area contributed by atoms with E-state index in [2.05, 4.69) is 17.1 Å². The minimum absolute atomic E-state index is 0.116. The number of anilines is 1. The van der Waals surface area contributed by atoms with Crippen molar-refractivity contribution in [2.24, 2.45) is 23.7 Å². The predicted molar refractivity (Wildman–Crippen MR) is 81.5 cm³/mol. The Morgan fingerprint density at radius 2 is 1.82 bits per heavy atom. The Morgan fingerprint density at radius 1 is 1.14 bits per heavy atom. The number of amides is 2. The molecule has 3 aliphatic rings. The molecule has 22 heavy (non-hydrogen) atoms. The third-order valence-electron chi connectivity index (χ3n) is 5.02. The summed E-state index contributed by atoms with van der Waals surface area (Å²) in [7, 11) is 0. The number of hydrogen-bond donors (Lipinski definition) is 1. The van der Waals surface area contributed by atoms with Gasteiger partial charge in [-0.25, -0.2) is 9.88 Å². The van der Waals surface area contributed by atoms with Gasteiger partial charge in [0.25, 0.3) is 0 Å². The molecule has 110 valence electrons. The van der Waals surface area contributed by atoms with Crippen molar-refractivity contribution in [3.05, 3.63) is 30.4 Å². The summed E-state index contributed by atoms with van der Waals surface area (Å²) < 4.78 is 0.772. The molecule has 4 atom stereocenters. The van der Waals surface area contributed by atoms with Crippen LogP contribution in [0.15, 0.2) is 30.4 Å². The zero-order valence-electron chi connectivity index (χ0n) is 11.5. The first-order valence-corrected chi connectivity index (χ1v) is 8.11. The zero-order chi connectivity index (χ0) is 15.0. The number of carbonyl (C=O) groups is 2. The van der Waals surface area contributed by atoms with Gasteiger partial charge in [-0.3, -0.25) is 9.59 Å². The summed E-state index contributed by atoms with van der Waals surface area (Å²) in [5.41, 5.74) is 0.691. The first-order chi connectivity index (χ1) is 10.6. The smallest absolute Gasteiger partial charge is 0.240 e. The van der Waals surface area contributed by atoms with Crippen LogP contribution in [-0.2, 0) is 9.59 Å². The second kappa shape index (κ2) is 3.95. The summed E-state index contributed by atoms with van der Waals surface area (Å²) in [6.45, 7) is 0. The number of aromatic hydroxyl groups is 1. The molecule has 0 radical (unpaired) electrons. The maximum absolute atomic E-state index is 12.7. The third-order valence-corrected chi connectivity index (χ3v) is 6.03. The molecule has 2 bridgehead atoms. The number of fused-ring (bicyclic) bond motifs is 6. The molecule has 2 heterocycles. The molecule has 6 heteroatoms. The molecule has 1 saturated carbocycles. The van der Waals surface area contributed by atoms with E-state index in [1.807, 2.05) is 0 Å². The Morgan fingerprint density at radius 3 is 2.50 bits per heavy atom. The van der Waals surface area contributed by atoms with Crippen LogP contribution in [-0.4, -0.2) is 21.9 Å². The van der Waals surface area contributed by atoms with Crippen molar-refractivity contribution in [2.45, 2.75) is 6.42 Å². The summed E-state index contributed by atoms with van der Waals surface area (Å²) in [5.74, 6) is -0.0817. The van der Waals surface area contributed by atoms with Gasteiger partial charge in [0, 0.05) is 0 Å². The quantitative estimate of drug-likeness (QED) is 0.648. The minimum atomic E-state index is -0.206. The maximum atomic E-state index is 12.7. The van der Waals surface area contributed by atoms with Gasteiger partial charge in [-0.2, -0.15) is 0 Å². The molecular formula is C16H12N2O3S. The second-order valence-electron chi connectivity index (χ2n) is 6.16. The molecule has 2 fully saturated rings. The average molecular weight is 312 g/mol. The van der Waals surface area contributed by atoms with Crippen molar-refractivity contribution in [3.63, 3.8) is 0 Å². The minimum Gasteiger partial charge on any atom is -0.508 e. The fraction of sp³-hybridized carbons (Fsp3) is 0.312. The molecule has 2 amide bonds. The molecule has 5 rings (SSSR count). The van der Waals surface area contributed by atoms with Crippen LogP contribution in [0.25, 0.3) is 10.2 Å². The Bertz CT molecular complexity index is 841. The van der Waals surface area contributed by atoms with Crippen LogP contribution < -0.4 is 4.90 Å². The van der Waals surface area contributed by atoms with Crippen molar-refractivity contribution in [1.29, 1.82) is 0 Å². The predicted octanol–water partition coefficient (Wildman–Crippen LogP) is 2.31.